The maximum Gasteiger partial charge on any atom is 0.133 e. The Morgan fingerprint density at radius 3 is 3.13 bits per heavy atom. The summed E-state index contributed by atoms with van der Waals surface area (Å²) in [6.45, 7) is 1.87. The van der Waals surface area contributed by atoms with Crippen LogP contribution in [0.5, 0.6) is 0 Å². The van der Waals surface area contributed by atoms with Gasteiger partial charge in [0.05, 0.1) is 25.5 Å². The third kappa shape index (κ3) is 2.24. The van der Waals surface area contributed by atoms with Crippen LogP contribution in [0.2, 0.25) is 0 Å². The van der Waals surface area contributed by atoms with Crippen LogP contribution < -0.4 is 5.73 Å². The van der Waals surface area contributed by atoms with Crippen molar-refractivity contribution in [2.45, 2.75) is 19.4 Å². The summed E-state index contributed by atoms with van der Waals surface area (Å²) in [6, 6.07) is 0. The van der Waals surface area contributed by atoms with Gasteiger partial charge in [0.2, 0.25) is 0 Å². The van der Waals surface area contributed by atoms with Gasteiger partial charge in [-0.05, 0) is 0 Å². The van der Waals surface area contributed by atoms with Crippen LogP contribution in [0.3, 0.4) is 0 Å². The number of anilines is 1. The van der Waals surface area contributed by atoms with E-state index in [0.717, 1.165) is 23.5 Å². The second-order valence-corrected chi connectivity index (χ2v) is 3.50. The van der Waals surface area contributed by atoms with Crippen molar-refractivity contribution in [3.63, 3.8) is 0 Å². The molecule has 0 aliphatic carbocycles. The van der Waals surface area contributed by atoms with Crippen molar-refractivity contribution in [2.75, 3.05) is 26.1 Å². The molecule has 2 heterocycles. The molecule has 1 aromatic heterocycles. The fourth-order valence-corrected chi connectivity index (χ4v) is 1.61. The zero-order valence-corrected chi connectivity index (χ0v) is 8.82. The van der Waals surface area contributed by atoms with Crippen LogP contribution in [0.25, 0.3) is 0 Å². The normalized spacial score (nSPS) is 15.0. The van der Waals surface area contributed by atoms with Gasteiger partial charge in [-0.1, -0.05) is 0 Å². The summed E-state index contributed by atoms with van der Waals surface area (Å²) in [5, 5.41) is 0. The van der Waals surface area contributed by atoms with Crippen molar-refractivity contribution in [1.29, 1.82) is 0 Å². The highest BCUT2D eigenvalue weighted by molar-refractivity contribution is 5.42. The van der Waals surface area contributed by atoms with Gasteiger partial charge < -0.3 is 15.2 Å². The smallest absolute Gasteiger partial charge is 0.133 e. The van der Waals surface area contributed by atoms with Gasteiger partial charge in [-0.25, -0.2) is 9.97 Å². The van der Waals surface area contributed by atoms with E-state index in [1.54, 1.807) is 7.11 Å². The van der Waals surface area contributed by atoms with Crippen LogP contribution in [0, 0.1) is 0 Å². The Hall–Kier alpha value is -1.20. The molecule has 15 heavy (non-hydrogen) atoms. The highest BCUT2D eigenvalue weighted by Gasteiger charge is 2.16. The fourth-order valence-electron chi connectivity index (χ4n) is 1.61. The molecule has 0 spiro atoms. The molecule has 1 aliphatic rings. The predicted molar refractivity (Wildman–Crippen MR) is 55.4 cm³/mol. The molecule has 2 N–H and O–H groups in total. The number of nitrogens with two attached hydrogens (primary N) is 1. The molecule has 1 aromatic rings. The summed E-state index contributed by atoms with van der Waals surface area (Å²) in [5.74, 6) is 1.31. The summed E-state index contributed by atoms with van der Waals surface area (Å²) in [7, 11) is 1.66. The molecule has 0 atom stereocenters. The molecule has 0 fully saturated rings. The Balaban J connectivity index is 2.24. The van der Waals surface area contributed by atoms with Crippen LogP contribution in [-0.2, 0) is 28.9 Å². The van der Waals surface area contributed by atoms with Gasteiger partial charge in [-0.2, -0.15) is 0 Å². The molecule has 0 bridgehead atoms. The Labute approximate surface area is 88.6 Å². The molecule has 0 amide bonds. The lowest BCUT2D eigenvalue weighted by atomic mass is 10.1. The number of nitrogen functional groups attached to an aromatic ring is 1. The van der Waals surface area contributed by atoms with Gasteiger partial charge in [0.25, 0.3) is 0 Å². The quantitative estimate of drug-likeness (QED) is 0.776. The van der Waals surface area contributed by atoms with Gasteiger partial charge >= 0.3 is 0 Å². The molecule has 2 rings (SSSR count). The van der Waals surface area contributed by atoms with Crippen molar-refractivity contribution < 1.29 is 9.47 Å². The zero-order valence-electron chi connectivity index (χ0n) is 8.82. The van der Waals surface area contributed by atoms with Crippen molar-refractivity contribution in [2.24, 2.45) is 0 Å². The van der Waals surface area contributed by atoms with E-state index < -0.39 is 0 Å². The number of fused-ring (bicyclic) bond motifs is 1. The first-order chi connectivity index (χ1) is 7.31. The molecule has 5 nitrogen and oxygen atoms in total. The predicted octanol–water partition coefficient (Wildman–Crippen LogP) is 0.320. The molecule has 0 radical (unpaired) electrons. The minimum Gasteiger partial charge on any atom is -0.384 e. The Kier molecular flexibility index (Phi) is 3.13. The van der Waals surface area contributed by atoms with E-state index in [-0.39, 0.29) is 0 Å². The second kappa shape index (κ2) is 4.55. The molecule has 0 aromatic carbocycles. The maximum absolute atomic E-state index is 5.84. The van der Waals surface area contributed by atoms with Crippen molar-refractivity contribution in [3.05, 3.63) is 17.1 Å². The van der Waals surface area contributed by atoms with E-state index in [2.05, 4.69) is 9.97 Å². The molecule has 0 saturated heterocycles. The number of rotatable bonds is 3. The van der Waals surface area contributed by atoms with Gasteiger partial charge in [0.1, 0.15) is 11.6 Å². The van der Waals surface area contributed by atoms with Gasteiger partial charge in [0, 0.05) is 25.5 Å². The lowest BCUT2D eigenvalue weighted by Crippen LogP contribution is -2.17. The largest absolute Gasteiger partial charge is 0.384 e. The average Bonchev–Trinajstić information content (AvgIpc) is 2.26. The highest BCUT2D eigenvalue weighted by atomic mass is 16.5. The zero-order chi connectivity index (χ0) is 10.7. The number of hydrogen-bond acceptors (Lipinski definition) is 5. The highest BCUT2D eigenvalue weighted by Crippen LogP contribution is 2.19. The minimum atomic E-state index is 0.533. The summed E-state index contributed by atoms with van der Waals surface area (Å²) >= 11 is 0. The van der Waals surface area contributed by atoms with E-state index in [1.165, 1.54) is 0 Å². The molecule has 82 valence electrons. The monoisotopic (exact) mass is 209 g/mol. The summed E-state index contributed by atoms with van der Waals surface area (Å²) in [4.78, 5) is 8.69. The summed E-state index contributed by atoms with van der Waals surface area (Å²) in [6.07, 6.45) is 1.52. The first-order valence-electron chi connectivity index (χ1n) is 5.02. The SMILES string of the molecule is COCCc1nc(N)c2c(n1)CCOC2. The molecule has 0 saturated carbocycles. The topological polar surface area (TPSA) is 70.3 Å². The lowest BCUT2D eigenvalue weighted by molar-refractivity contribution is 0.109. The van der Waals surface area contributed by atoms with Crippen LogP contribution in [0.4, 0.5) is 5.82 Å². The van der Waals surface area contributed by atoms with E-state index in [0.29, 0.717) is 32.1 Å². The average molecular weight is 209 g/mol. The van der Waals surface area contributed by atoms with Crippen molar-refractivity contribution >= 4 is 5.82 Å². The number of nitrogens with zero attached hydrogens (tertiary/aromatic N) is 2. The molecule has 1 aliphatic heterocycles. The van der Waals surface area contributed by atoms with Crippen LogP contribution in [-0.4, -0.2) is 30.3 Å². The van der Waals surface area contributed by atoms with Crippen LogP contribution >= 0.6 is 0 Å². The number of ether oxygens (including phenoxy) is 2. The fraction of sp³-hybridized carbons (Fsp3) is 0.600. The molecule has 5 heteroatoms. The van der Waals surface area contributed by atoms with E-state index in [4.69, 9.17) is 15.2 Å². The Morgan fingerprint density at radius 1 is 1.47 bits per heavy atom. The number of aromatic nitrogens is 2. The Bertz CT molecular complexity index is 355. The maximum atomic E-state index is 5.84. The van der Waals surface area contributed by atoms with Crippen molar-refractivity contribution in [3.8, 4) is 0 Å². The summed E-state index contributed by atoms with van der Waals surface area (Å²) in [5.41, 5.74) is 7.82. The standard InChI is InChI=1S/C10H15N3O2/c1-14-4-3-9-12-8-2-5-15-6-7(8)10(11)13-9/h2-6H2,1H3,(H2,11,12,13). The van der Waals surface area contributed by atoms with E-state index >= 15 is 0 Å². The minimum absolute atomic E-state index is 0.533. The third-order valence-electron chi connectivity index (χ3n) is 2.43. The lowest BCUT2D eigenvalue weighted by Gasteiger charge is -2.17. The molecular weight excluding hydrogens is 194 g/mol. The van der Waals surface area contributed by atoms with E-state index in [1.807, 2.05) is 0 Å². The number of hydrogen-bond donors (Lipinski definition) is 1. The van der Waals surface area contributed by atoms with E-state index in [9.17, 15) is 0 Å². The second-order valence-electron chi connectivity index (χ2n) is 3.50. The summed E-state index contributed by atoms with van der Waals surface area (Å²) < 4.78 is 10.3. The first-order valence-corrected chi connectivity index (χ1v) is 5.02. The third-order valence-corrected chi connectivity index (χ3v) is 2.43. The number of methoxy groups -OCH3 is 1. The molecule has 0 unspecified atom stereocenters. The van der Waals surface area contributed by atoms with Gasteiger partial charge in [-0.3, -0.25) is 0 Å². The van der Waals surface area contributed by atoms with Crippen molar-refractivity contribution in [1.82, 2.24) is 9.97 Å². The van der Waals surface area contributed by atoms with Crippen LogP contribution in [0.15, 0.2) is 0 Å². The molecular formula is C10H15N3O2. The Morgan fingerprint density at radius 2 is 2.33 bits per heavy atom. The van der Waals surface area contributed by atoms with Crippen LogP contribution in [0.1, 0.15) is 17.1 Å². The first kappa shape index (κ1) is 10.3. The van der Waals surface area contributed by atoms with Gasteiger partial charge in [-0.15, -0.1) is 0 Å². The van der Waals surface area contributed by atoms with Gasteiger partial charge in [0.15, 0.2) is 0 Å².